The number of hydrogen-bond acceptors (Lipinski definition) is 3. The molecule has 0 spiro atoms. The number of carbonyl (C=O) groups is 2. The van der Waals surface area contributed by atoms with Gasteiger partial charge in [-0.25, -0.2) is 0 Å². The molecule has 124 valence electrons. The van der Waals surface area contributed by atoms with Crippen molar-refractivity contribution in [2.24, 2.45) is 5.92 Å². The Morgan fingerprint density at radius 3 is 2.62 bits per heavy atom. The SMILES string of the molecule is Cc1ccc(N2C[C@@H](C(=O)Oc3ccccc3Cl)CC2=O)cc1Cl. The maximum Gasteiger partial charge on any atom is 0.316 e. The van der Waals surface area contributed by atoms with E-state index in [1.54, 1.807) is 35.2 Å². The highest BCUT2D eigenvalue weighted by molar-refractivity contribution is 6.32. The molecule has 24 heavy (non-hydrogen) atoms. The highest BCUT2D eigenvalue weighted by atomic mass is 35.5. The van der Waals surface area contributed by atoms with E-state index in [0.717, 1.165) is 5.56 Å². The third-order valence-electron chi connectivity index (χ3n) is 3.97. The Hall–Kier alpha value is -2.04. The summed E-state index contributed by atoms with van der Waals surface area (Å²) >= 11 is 12.1. The van der Waals surface area contributed by atoms with E-state index in [4.69, 9.17) is 27.9 Å². The van der Waals surface area contributed by atoms with Crippen molar-refractivity contribution in [1.29, 1.82) is 0 Å². The first kappa shape index (κ1) is 16.8. The van der Waals surface area contributed by atoms with Gasteiger partial charge in [-0.3, -0.25) is 9.59 Å². The minimum Gasteiger partial charge on any atom is -0.425 e. The van der Waals surface area contributed by atoms with Gasteiger partial charge in [-0.1, -0.05) is 41.4 Å². The third-order valence-corrected chi connectivity index (χ3v) is 4.69. The van der Waals surface area contributed by atoms with Gasteiger partial charge in [0.1, 0.15) is 5.75 Å². The minimum absolute atomic E-state index is 0.106. The van der Waals surface area contributed by atoms with E-state index in [1.807, 2.05) is 19.1 Å². The van der Waals surface area contributed by atoms with Crippen LogP contribution in [-0.2, 0) is 9.59 Å². The van der Waals surface area contributed by atoms with Gasteiger partial charge in [0, 0.05) is 23.7 Å². The summed E-state index contributed by atoms with van der Waals surface area (Å²) in [6.07, 6.45) is 0.106. The summed E-state index contributed by atoms with van der Waals surface area (Å²) in [4.78, 5) is 26.1. The molecule has 1 amide bonds. The molecule has 1 aliphatic heterocycles. The second kappa shape index (κ2) is 6.83. The predicted molar refractivity (Wildman–Crippen MR) is 93.7 cm³/mol. The Balaban J connectivity index is 1.73. The number of nitrogens with zero attached hydrogens (tertiary/aromatic N) is 1. The molecule has 0 bridgehead atoms. The summed E-state index contributed by atoms with van der Waals surface area (Å²) in [7, 11) is 0. The molecule has 0 aliphatic carbocycles. The Kier molecular flexibility index (Phi) is 4.78. The van der Waals surface area contributed by atoms with Crippen molar-refractivity contribution in [3.63, 3.8) is 0 Å². The molecular formula is C18H15Cl2NO3. The second-order valence-corrected chi connectivity index (χ2v) is 6.50. The van der Waals surface area contributed by atoms with Crippen LogP contribution in [0.2, 0.25) is 10.0 Å². The van der Waals surface area contributed by atoms with Gasteiger partial charge in [-0.15, -0.1) is 0 Å². The highest BCUT2D eigenvalue weighted by Gasteiger charge is 2.36. The molecule has 1 aliphatic rings. The van der Waals surface area contributed by atoms with Crippen molar-refractivity contribution in [3.05, 3.63) is 58.1 Å². The summed E-state index contributed by atoms with van der Waals surface area (Å²) in [5, 5.41) is 0.944. The summed E-state index contributed by atoms with van der Waals surface area (Å²) in [6.45, 7) is 2.16. The minimum atomic E-state index is -0.533. The molecule has 1 fully saturated rings. The summed E-state index contributed by atoms with van der Waals surface area (Å²) in [5.74, 6) is -0.824. The summed E-state index contributed by atoms with van der Waals surface area (Å²) in [6, 6.07) is 12.1. The zero-order valence-corrected chi connectivity index (χ0v) is 14.5. The number of carbonyl (C=O) groups excluding carboxylic acids is 2. The molecule has 0 unspecified atom stereocenters. The van der Waals surface area contributed by atoms with Crippen molar-refractivity contribution >= 4 is 40.8 Å². The quantitative estimate of drug-likeness (QED) is 0.604. The number of para-hydroxylation sites is 1. The van der Waals surface area contributed by atoms with Crippen molar-refractivity contribution < 1.29 is 14.3 Å². The first-order valence-corrected chi connectivity index (χ1v) is 8.24. The number of esters is 1. The molecule has 4 nitrogen and oxygen atoms in total. The van der Waals surface area contributed by atoms with Gasteiger partial charge >= 0.3 is 5.97 Å². The molecule has 2 aromatic rings. The molecule has 1 saturated heterocycles. The monoisotopic (exact) mass is 363 g/mol. The normalized spacial score (nSPS) is 17.2. The maximum atomic E-state index is 12.3. The van der Waals surface area contributed by atoms with Gasteiger partial charge in [0.05, 0.1) is 10.9 Å². The van der Waals surface area contributed by atoms with E-state index in [1.165, 1.54) is 0 Å². The Morgan fingerprint density at radius 2 is 1.92 bits per heavy atom. The van der Waals surface area contributed by atoms with E-state index in [0.29, 0.717) is 21.5 Å². The van der Waals surface area contributed by atoms with Crippen LogP contribution in [0.3, 0.4) is 0 Å². The third kappa shape index (κ3) is 3.40. The van der Waals surface area contributed by atoms with Crippen molar-refractivity contribution in [2.75, 3.05) is 11.4 Å². The number of hydrogen-bond donors (Lipinski definition) is 0. The van der Waals surface area contributed by atoms with E-state index in [2.05, 4.69) is 0 Å². The first-order chi connectivity index (χ1) is 11.5. The standard InChI is InChI=1S/C18H15Cl2NO3/c1-11-6-7-13(9-15(11)20)21-10-12(8-17(21)22)18(23)24-16-5-3-2-4-14(16)19/h2-7,9,12H,8,10H2,1H3/t12-/m0/s1. The van der Waals surface area contributed by atoms with Crippen LogP contribution >= 0.6 is 23.2 Å². The molecule has 2 aromatic carbocycles. The van der Waals surface area contributed by atoms with E-state index in [-0.39, 0.29) is 18.9 Å². The number of anilines is 1. The predicted octanol–water partition coefficient (Wildman–Crippen LogP) is 4.26. The summed E-state index contributed by atoms with van der Waals surface area (Å²) in [5.41, 5.74) is 1.62. The lowest BCUT2D eigenvalue weighted by Gasteiger charge is -2.17. The largest absolute Gasteiger partial charge is 0.425 e. The molecule has 3 rings (SSSR count). The fraction of sp³-hybridized carbons (Fsp3) is 0.222. The van der Waals surface area contributed by atoms with Gasteiger partial charge < -0.3 is 9.64 Å². The lowest BCUT2D eigenvalue weighted by atomic mass is 10.1. The van der Waals surface area contributed by atoms with Gasteiger partial charge in [-0.05, 0) is 36.8 Å². The lowest BCUT2D eigenvalue weighted by molar-refractivity contribution is -0.139. The molecule has 0 radical (unpaired) electrons. The van der Waals surface area contributed by atoms with Crippen LogP contribution in [0.25, 0.3) is 0 Å². The van der Waals surface area contributed by atoms with Crippen LogP contribution in [-0.4, -0.2) is 18.4 Å². The van der Waals surface area contributed by atoms with E-state index < -0.39 is 11.9 Å². The van der Waals surface area contributed by atoms with Gasteiger partial charge in [-0.2, -0.15) is 0 Å². The number of amides is 1. The Bertz CT molecular complexity index is 807. The number of rotatable bonds is 3. The second-order valence-electron chi connectivity index (χ2n) is 5.69. The number of aryl methyl sites for hydroxylation is 1. The molecule has 0 N–H and O–H groups in total. The molecule has 6 heteroatoms. The average Bonchev–Trinajstić information content (AvgIpc) is 2.94. The van der Waals surface area contributed by atoms with Crippen molar-refractivity contribution in [1.82, 2.24) is 0 Å². The van der Waals surface area contributed by atoms with E-state index >= 15 is 0 Å². The Morgan fingerprint density at radius 1 is 1.17 bits per heavy atom. The summed E-state index contributed by atoms with van der Waals surface area (Å²) < 4.78 is 5.33. The fourth-order valence-corrected chi connectivity index (χ4v) is 2.93. The van der Waals surface area contributed by atoms with Gasteiger partial charge in [0.2, 0.25) is 5.91 Å². The molecule has 0 saturated carbocycles. The molecule has 0 aromatic heterocycles. The number of ether oxygens (including phenoxy) is 1. The van der Waals surface area contributed by atoms with Crippen molar-refractivity contribution in [2.45, 2.75) is 13.3 Å². The van der Waals surface area contributed by atoms with Crippen LogP contribution in [0.5, 0.6) is 5.75 Å². The average molecular weight is 364 g/mol. The number of benzene rings is 2. The van der Waals surface area contributed by atoms with Crippen LogP contribution in [0.15, 0.2) is 42.5 Å². The highest BCUT2D eigenvalue weighted by Crippen LogP contribution is 2.30. The van der Waals surface area contributed by atoms with Crippen LogP contribution in [0.1, 0.15) is 12.0 Å². The van der Waals surface area contributed by atoms with Crippen molar-refractivity contribution in [3.8, 4) is 5.75 Å². The molecule has 1 atom stereocenters. The fourth-order valence-electron chi connectivity index (χ4n) is 2.58. The topological polar surface area (TPSA) is 46.6 Å². The smallest absolute Gasteiger partial charge is 0.316 e. The van der Waals surface area contributed by atoms with Crippen LogP contribution < -0.4 is 9.64 Å². The first-order valence-electron chi connectivity index (χ1n) is 7.48. The maximum absolute atomic E-state index is 12.3. The molecular weight excluding hydrogens is 349 g/mol. The zero-order valence-electron chi connectivity index (χ0n) is 13.0. The van der Waals surface area contributed by atoms with Crippen LogP contribution in [0, 0.1) is 12.8 Å². The lowest BCUT2D eigenvalue weighted by Crippen LogP contribution is -2.27. The van der Waals surface area contributed by atoms with Crippen LogP contribution in [0.4, 0.5) is 5.69 Å². The number of halogens is 2. The van der Waals surface area contributed by atoms with Gasteiger partial charge in [0.25, 0.3) is 0 Å². The zero-order chi connectivity index (χ0) is 17.3. The van der Waals surface area contributed by atoms with E-state index in [9.17, 15) is 9.59 Å². The van der Waals surface area contributed by atoms with Gasteiger partial charge in [0.15, 0.2) is 0 Å². The molecule has 1 heterocycles. The Labute approximate surface area is 149 Å².